The fourth-order valence-corrected chi connectivity index (χ4v) is 4.88. The van der Waals surface area contributed by atoms with Crippen LogP contribution in [0, 0.1) is 0 Å². The molecule has 0 fully saturated rings. The first-order chi connectivity index (χ1) is 14.5. The zero-order valence-corrected chi connectivity index (χ0v) is 19.5. The number of methoxy groups -OCH3 is 1. The molecule has 4 nitrogen and oxygen atoms in total. The summed E-state index contributed by atoms with van der Waals surface area (Å²) in [5.74, 6) is 0.456. The van der Waals surface area contributed by atoms with Crippen LogP contribution in [-0.4, -0.2) is 20.1 Å². The lowest BCUT2D eigenvalue weighted by molar-refractivity contribution is 0.418. The molecular weight excluding hydrogens is 396 g/mol. The van der Waals surface area contributed by atoms with E-state index in [1.165, 1.54) is 71.3 Å². The average molecular weight is 435 g/mol. The summed E-state index contributed by atoms with van der Waals surface area (Å²) in [7, 11) is -2.82. The molecule has 0 amide bonds. The zero-order chi connectivity index (χ0) is 21.8. The Labute approximate surface area is 182 Å². The molecule has 1 N–H and O–H groups in total. The third-order valence-electron chi connectivity index (χ3n) is 5.78. The minimum Gasteiger partial charge on any atom is -0.496 e. The number of aryl methyl sites for hydroxylation is 1. The smallest absolute Gasteiger partial charge is 0.295 e. The van der Waals surface area contributed by atoms with Gasteiger partial charge in [-0.2, -0.15) is 8.42 Å². The quantitative estimate of drug-likeness (QED) is 0.235. The molecule has 5 heteroatoms. The van der Waals surface area contributed by atoms with Crippen molar-refractivity contribution in [1.82, 2.24) is 0 Å². The molecule has 30 heavy (non-hydrogen) atoms. The Balaban J connectivity index is 1.79. The van der Waals surface area contributed by atoms with E-state index in [-0.39, 0.29) is 4.90 Å². The van der Waals surface area contributed by atoms with Gasteiger partial charge in [-0.05, 0) is 35.9 Å². The van der Waals surface area contributed by atoms with Crippen molar-refractivity contribution < 1.29 is 17.7 Å². The Morgan fingerprint density at radius 2 is 1.40 bits per heavy atom. The Kier molecular flexibility index (Phi) is 10.7. The fourth-order valence-electron chi connectivity index (χ4n) is 4.10. The van der Waals surface area contributed by atoms with Crippen LogP contribution in [0.15, 0.2) is 35.2 Å². The van der Waals surface area contributed by atoms with Gasteiger partial charge in [0.15, 0.2) is 0 Å². The van der Waals surface area contributed by atoms with E-state index in [2.05, 4.69) is 6.92 Å². The predicted molar refractivity (Wildman–Crippen MR) is 125 cm³/mol. The molecule has 0 aliphatic heterocycles. The number of rotatable bonds is 15. The first kappa shape index (κ1) is 24.7. The van der Waals surface area contributed by atoms with Gasteiger partial charge in [0.05, 0.1) is 7.11 Å². The Hall–Kier alpha value is -1.59. The highest BCUT2D eigenvalue weighted by molar-refractivity contribution is 7.86. The number of fused-ring (bicyclic) bond motifs is 1. The second kappa shape index (κ2) is 13.0. The monoisotopic (exact) mass is 434 g/mol. The first-order valence-corrected chi connectivity index (χ1v) is 13.0. The van der Waals surface area contributed by atoms with Crippen LogP contribution in [0.4, 0.5) is 0 Å². The molecule has 168 valence electrons. The Morgan fingerprint density at radius 3 is 1.93 bits per heavy atom. The van der Waals surface area contributed by atoms with Gasteiger partial charge in [-0.1, -0.05) is 95.8 Å². The van der Waals surface area contributed by atoms with E-state index in [4.69, 9.17) is 4.74 Å². The normalized spacial score (nSPS) is 11.8. The molecule has 0 aliphatic rings. The van der Waals surface area contributed by atoms with Crippen LogP contribution in [0.25, 0.3) is 10.8 Å². The topological polar surface area (TPSA) is 63.6 Å². The number of hydrogen-bond acceptors (Lipinski definition) is 3. The molecular formula is C25H38O4S. The third kappa shape index (κ3) is 7.92. The maximum atomic E-state index is 11.9. The van der Waals surface area contributed by atoms with Gasteiger partial charge >= 0.3 is 0 Å². The van der Waals surface area contributed by atoms with E-state index in [0.717, 1.165) is 30.2 Å². The van der Waals surface area contributed by atoms with E-state index >= 15 is 0 Å². The summed E-state index contributed by atoms with van der Waals surface area (Å²) < 4.78 is 38.9. The first-order valence-electron chi connectivity index (χ1n) is 11.5. The summed E-state index contributed by atoms with van der Waals surface area (Å²) in [5, 5.41) is 1.22. The van der Waals surface area contributed by atoms with Crippen LogP contribution in [-0.2, 0) is 16.5 Å². The molecule has 0 aromatic heterocycles. The van der Waals surface area contributed by atoms with Gasteiger partial charge in [0.2, 0.25) is 0 Å². The summed E-state index contributed by atoms with van der Waals surface area (Å²) >= 11 is 0. The summed E-state index contributed by atoms with van der Waals surface area (Å²) in [6, 6.07) is 9.01. The molecule has 0 spiro atoms. The van der Waals surface area contributed by atoms with Gasteiger partial charge in [0.25, 0.3) is 10.1 Å². The van der Waals surface area contributed by atoms with Crippen LogP contribution >= 0.6 is 0 Å². The highest BCUT2D eigenvalue weighted by Crippen LogP contribution is 2.33. The zero-order valence-electron chi connectivity index (χ0n) is 18.7. The van der Waals surface area contributed by atoms with Gasteiger partial charge in [-0.25, -0.2) is 0 Å². The van der Waals surface area contributed by atoms with Crippen molar-refractivity contribution >= 4 is 20.9 Å². The van der Waals surface area contributed by atoms with Crippen LogP contribution in [0.2, 0.25) is 0 Å². The molecule has 0 saturated carbocycles. The second-order valence-electron chi connectivity index (χ2n) is 8.27. The molecule has 2 rings (SSSR count). The summed E-state index contributed by atoms with van der Waals surface area (Å²) in [4.78, 5) is -0.0635. The molecule has 0 atom stereocenters. The largest absolute Gasteiger partial charge is 0.496 e. The van der Waals surface area contributed by atoms with Crippen molar-refractivity contribution in [2.24, 2.45) is 0 Å². The van der Waals surface area contributed by atoms with Crippen molar-refractivity contribution in [2.75, 3.05) is 7.11 Å². The van der Waals surface area contributed by atoms with Crippen LogP contribution < -0.4 is 4.74 Å². The molecule has 0 bridgehead atoms. The number of benzene rings is 2. The minimum absolute atomic E-state index is 0.0635. The van der Waals surface area contributed by atoms with Crippen LogP contribution in [0.1, 0.15) is 89.5 Å². The summed E-state index contributed by atoms with van der Waals surface area (Å²) in [6.07, 6.45) is 16.3. The lowest BCUT2D eigenvalue weighted by Gasteiger charge is -2.12. The van der Waals surface area contributed by atoms with Gasteiger partial charge in [0.1, 0.15) is 10.6 Å². The third-order valence-corrected chi connectivity index (χ3v) is 6.66. The van der Waals surface area contributed by atoms with Gasteiger partial charge in [-0.3, -0.25) is 4.55 Å². The van der Waals surface area contributed by atoms with Gasteiger partial charge in [-0.15, -0.1) is 0 Å². The van der Waals surface area contributed by atoms with E-state index in [9.17, 15) is 13.0 Å². The highest BCUT2D eigenvalue weighted by atomic mass is 32.2. The maximum Gasteiger partial charge on any atom is 0.295 e. The minimum atomic E-state index is -4.32. The number of unbranched alkanes of at least 4 members (excludes halogenated alkanes) is 11. The lowest BCUT2D eigenvalue weighted by Crippen LogP contribution is -2.02. The van der Waals surface area contributed by atoms with Crippen molar-refractivity contribution in [3.8, 4) is 5.75 Å². The van der Waals surface area contributed by atoms with E-state index in [0.29, 0.717) is 11.1 Å². The van der Waals surface area contributed by atoms with E-state index in [1.807, 2.05) is 18.2 Å². The lowest BCUT2D eigenvalue weighted by atomic mass is 10.0. The summed E-state index contributed by atoms with van der Waals surface area (Å²) in [6.45, 7) is 2.25. The number of hydrogen-bond donors (Lipinski definition) is 1. The second-order valence-corrected chi connectivity index (χ2v) is 9.66. The van der Waals surface area contributed by atoms with Gasteiger partial charge in [0, 0.05) is 5.39 Å². The highest BCUT2D eigenvalue weighted by Gasteiger charge is 2.18. The van der Waals surface area contributed by atoms with E-state index in [1.54, 1.807) is 12.1 Å². The molecule has 2 aromatic rings. The standard InChI is InChI=1S/C25H38O4S/c1-3-4-5-6-7-8-9-10-11-12-13-14-16-21-19-22-17-15-18-23(29-2)25(22)24(20-21)30(26,27)28/h15,17-20H,3-14,16H2,1-2H3,(H,26,27,28). The average Bonchev–Trinajstić information content (AvgIpc) is 2.72. The number of ether oxygens (including phenoxy) is 1. The Morgan fingerprint density at radius 1 is 0.833 bits per heavy atom. The van der Waals surface area contributed by atoms with Crippen molar-refractivity contribution in [2.45, 2.75) is 95.3 Å². The molecule has 0 saturated heterocycles. The van der Waals surface area contributed by atoms with Crippen LogP contribution in [0.3, 0.4) is 0 Å². The molecule has 2 aromatic carbocycles. The SMILES string of the molecule is CCCCCCCCCCCCCCc1cc(S(=O)(=O)O)c2c(OC)cccc2c1. The summed E-state index contributed by atoms with van der Waals surface area (Å²) in [5.41, 5.74) is 0.940. The van der Waals surface area contributed by atoms with Crippen molar-refractivity contribution in [3.05, 3.63) is 35.9 Å². The van der Waals surface area contributed by atoms with Crippen molar-refractivity contribution in [1.29, 1.82) is 0 Å². The predicted octanol–water partition coefficient (Wildman–Crippen LogP) is 7.34. The molecule has 0 heterocycles. The molecule has 0 radical (unpaired) electrons. The maximum absolute atomic E-state index is 11.9. The fraction of sp³-hybridized carbons (Fsp3) is 0.600. The van der Waals surface area contributed by atoms with Crippen LogP contribution in [0.5, 0.6) is 5.75 Å². The molecule has 0 unspecified atom stereocenters. The van der Waals surface area contributed by atoms with E-state index < -0.39 is 10.1 Å². The Bertz CT molecular complexity index is 874. The van der Waals surface area contributed by atoms with Gasteiger partial charge < -0.3 is 4.74 Å². The van der Waals surface area contributed by atoms with Crippen molar-refractivity contribution in [3.63, 3.8) is 0 Å². The molecule has 0 aliphatic carbocycles.